The number of rotatable bonds is 3. The van der Waals surface area contributed by atoms with E-state index >= 15 is 0 Å². The largest absolute Gasteiger partial charge is 0.379 e. The number of ether oxygens (including phenoxy) is 1. The van der Waals surface area contributed by atoms with Crippen molar-refractivity contribution in [3.63, 3.8) is 0 Å². The molecule has 4 atom stereocenters. The Hall–Kier alpha value is -1.81. The Morgan fingerprint density at radius 1 is 1.34 bits per heavy atom. The molecule has 3 aliphatic rings. The van der Waals surface area contributed by atoms with Crippen molar-refractivity contribution in [2.24, 2.45) is 0 Å². The first-order valence-electron chi connectivity index (χ1n) is 9.68. The van der Waals surface area contributed by atoms with Gasteiger partial charge in [0.15, 0.2) is 0 Å². The number of benzene rings is 1. The molecule has 4 rings (SSSR count). The van der Waals surface area contributed by atoms with Gasteiger partial charge < -0.3 is 15.0 Å². The lowest BCUT2D eigenvalue weighted by atomic mass is 10.1. The van der Waals surface area contributed by atoms with Crippen LogP contribution < -0.4 is 15.5 Å². The number of hydrogen-bond acceptors (Lipinski definition) is 5. The molecule has 0 spiro atoms. The number of hydrogen-bond donors (Lipinski definition) is 2. The van der Waals surface area contributed by atoms with E-state index in [1.807, 2.05) is 11.8 Å². The van der Waals surface area contributed by atoms with Gasteiger partial charge in [-0.05, 0) is 31.0 Å². The van der Waals surface area contributed by atoms with Gasteiger partial charge in [0, 0.05) is 24.8 Å². The van der Waals surface area contributed by atoms with E-state index in [1.54, 1.807) is 11.0 Å². The van der Waals surface area contributed by atoms with Gasteiger partial charge in [0.05, 0.1) is 30.8 Å². The Bertz CT molecular complexity index is 821. The Morgan fingerprint density at radius 2 is 2.07 bits per heavy atom. The third-order valence-corrected chi connectivity index (χ3v) is 6.08. The van der Waals surface area contributed by atoms with Crippen molar-refractivity contribution in [3.8, 4) is 0 Å². The molecule has 10 heteroatoms. The van der Waals surface area contributed by atoms with Crippen molar-refractivity contribution in [3.05, 3.63) is 28.5 Å². The number of fused-ring (bicyclic) bond motifs is 1. The molecule has 158 valence electrons. The van der Waals surface area contributed by atoms with Gasteiger partial charge in [0.1, 0.15) is 12.0 Å². The summed E-state index contributed by atoms with van der Waals surface area (Å²) in [4.78, 5) is 28.6. The minimum absolute atomic E-state index is 0.0291. The lowest BCUT2D eigenvalue weighted by Gasteiger charge is -2.41. The van der Waals surface area contributed by atoms with Crippen LogP contribution in [0.4, 0.5) is 14.5 Å². The molecule has 7 nitrogen and oxygen atoms in total. The SMILES string of the molecule is CC1Cc2c(ccc(F)c2Cl)N1C(=O)CC1NC(=O)C(F)C(N2CCOCC2)N1. The van der Waals surface area contributed by atoms with E-state index < -0.39 is 30.2 Å². The van der Waals surface area contributed by atoms with Crippen LogP contribution in [0.5, 0.6) is 0 Å². The molecule has 2 saturated heterocycles. The summed E-state index contributed by atoms with van der Waals surface area (Å²) in [7, 11) is 0. The number of nitrogens with one attached hydrogen (secondary N) is 2. The molecule has 2 fully saturated rings. The van der Waals surface area contributed by atoms with Crippen molar-refractivity contribution in [2.75, 3.05) is 31.2 Å². The Kier molecular flexibility index (Phi) is 5.74. The zero-order valence-electron chi connectivity index (χ0n) is 16.0. The first-order chi connectivity index (χ1) is 13.9. The second kappa shape index (κ2) is 8.14. The first-order valence-corrected chi connectivity index (χ1v) is 10.1. The van der Waals surface area contributed by atoms with E-state index in [-0.39, 0.29) is 23.4 Å². The molecule has 29 heavy (non-hydrogen) atoms. The second-order valence-electron chi connectivity index (χ2n) is 7.60. The van der Waals surface area contributed by atoms with E-state index in [1.165, 1.54) is 6.07 Å². The second-order valence-corrected chi connectivity index (χ2v) is 7.98. The summed E-state index contributed by atoms with van der Waals surface area (Å²) in [6.07, 6.45) is -2.85. The molecule has 0 radical (unpaired) electrons. The number of carbonyl (C=O) groups excluding carboxylic acids is 2. The van der Waals surface area contributed by atoms with Crippen molar-refractivity contribution in [1.82, 2.24) is 15.5 Å². The van der Waals surface area contributed by atoms with Crippen LogP contribution in [0.15, 0.2) is 12.1 Å². The maximum Gasteiger partial charge on any atom is 0.258 e. The highest BCUT2D eigenvalue weighted by Gasteiger charge is 2.42. The summed E-state index contributed by atoms with van der Waals surface area (Å²) in [5.41, 5.74) is 1.17. The predicted octanol–water partition coefficient (Wildman–Crippen LogP) is 1.19. The first kappa shape index (κ1) is 20.5. The molecular weight excluding hydrogens is 406 g/mol. The van der Waals surface area contributed by atoms with Gasteiger partial charge in [-0.25, -0.2) is 8.78 Å². The number of amides is 2. The fourth-order valence-electron chi connectivity index (χ4n) is 4.26. The summed E-state index contributed by atoms with van der Waals surface area (Å²) in [5, 5.41) is 5.61. The molecule has 4 unspecified atom stereocenters. The fraction of sp³-hybridized carbons (Fsp3) is 0.579. The summed E-state index contributed by atoms with van der Waals surface area (Å²) in [6, 6.07) is 2.58. The standard InChI is InChI=1S/C19H23ClF2N4O3/c1-10-8-11-13(3-2-12(21)16(11)20)26(10)15(27)9-14-23-18(17(22)19(28)24-14)25-4-6-29-7-5-25/h2-3,10,14,17-18,23H,4-9H2,1H3,(H,24,28). The fourth-order valence-corrected chi connectivity index (χ4v) is 4.50. The van der Waals surface area contributed by atoms with Gasteiger partial charge in [-0.2, -0.15) is 0 Å². The number of alkyl halides is 1. The zero-order valence-corrected chi connectivity index (χ0v) is 16.7. The van der Waals surface area contributed by atoms with E-state index in [0.717, 1.165) is 0 Å². The Morgan fingerprint density at radius 3 is 2.79 bits per heavy atom. The Balaban J connectivity index is 1.48. The highest BCUT2D eigenvalue weighted by atomic mass is 35.5. The van der Waals surface area contributed by atoms with Gasteiger partial charge in [-0.1, -0.05) is 11.6 Å². The third-order valence-electron chi connectivity index (χ3n) is 5.67. The lowest BCUT2D eigenvalue weighted by Crippen LogP contribution is -2.69. The van der Waals surface area contributed by atoms with Crippen molar-refractivity contribution in [1.29, 1.82) is 0 Å². The molecule has 0 bridgehead atoms. The van der Waals surface area contributed by atoms with E-state index in [4.69, 9.17) is 16.3 Å². The zero-order chi connectivity index (χ0) is 20.7. The van der Waals surface area contributed by atoms with Crippen LogP contribution >= 0.6 is 11.6 Å². The van der Waals surface area contributed by atoms with Crippen LogP contribution in [0.2, 0.25) is 5.02 Å². The van der Waals surface area contributed by atoms with Gasteiger partial charge >= 0.3 is 0 Å². The topological polar surface area (TPSA) is 73.9 Å². The van der Waals surface area contributed by atoms with Crippen LogP contribution in [0.3, 0.4) is 0 Å². The van der Waals surface area contributed by atoms with Crippen LogP contribution in [0.1, 0.15) is 18.9 Å². The molecule has 2 N–H and O–H groups in total. The maximum absolute atomic E-state index is 14.5. The smallest absolute Gasteiger partial charge is 0.258 e. The molecule has 1 aromatic carbocycles. The number of anilines is 1. The van der Waals surface area contributed by atoms with Gasteiger partial charge in [0.2, 0.25) is 12.1 Å². The lowest BCUT2D eigenvalue weighted by molar-refractivity contribution is -0.137. The summed E-state index contributed by atoms with van der Waals surface area (Å²) >= 11 is 6.07. The molecule has 0 aliphatic carbocycles. The molecule has 0 aromatic heterocycles. The average Bonchev–Trinajstić information content (AvgIpc) is 3.05. The van der Waals surface area contributed by atoms with Crippen molar-refractivity contribution < 1.29 is 23.1 Å². The van der Waals surface area contributed by atoms with Crippen molar-refractivity contribution >= 4 is 29.1 Å². The van der Waals surface area contributed by atoms with Crippen LogP contribution in [0.25, 0.3) is 0 Å². The van der Waals surface area contributed by atoms with E-state index in [0.29, 0.717) is 44.0 Å². The number of carbonyl (C=O) groups is 2. The van der Waals surface area contributed by atoms with Gasteiger partial charge in [-0.15, -0.1) is 0 Å². The molecule has 3 heterocycles. The maximum atomic E-state index is 14.5. The van der Waals surface area contributed by atoms with Gasteiger partial charge in [0.25, 0.3) is 5.91 Å². The number of morpholine rings is 1. The molecular formula is C19H23ClF2N4O3. The normalized spacial score (nSPS) is 30.2. The predicted molar refractivity (Wildman–Crippen MR) is 103 cm³/mol. The number of nitrogens with zero attached hydrogens (tertiary/aromatic N) is 2. The van der Waals surface area contributed by atoms with Crippen LogP contribution in [0, 0.1) is 5.82 Å². The molecule has 0 saturated carbocycles. The van der Waals surface area contributed by atoms with E-state index in [9.17, 15) is 18.4 Å². The Labute approximate surface area is 172 Å². The quantitative estimate of drug-likeness (QED) is 0.756. The average molecular weight is 429 g/mol. The monoisotopic (exact) mass is 428 g/mol. The highest BCUT2D eigenvalue weighted by Crippen LogP contribution is 2.38. The van der Waals surface area contributed by atoms with Crippen LogP contribution in [-0.2, 0) is 20.7 Å². The minimum Gasteiger partial charge on any atom is -0.379 e. The highest BCUT2D eigenvalue weighted by molar-refractivity contribution is 6.32. The summed E-state index contributed by atoms with van der Waals surface area (Å²) in [5.74, 6) is -1.51. The molecule has 1 aromatic rings. The van der Waals surface area contributed by atoms with Gasteiger partial charge in [-0.3, -0.25) is 19.8 Å². The van der Waals surface area contributed by atoms with E-state index in [2.05, 4.69) is 10.6 Å². The number of halogens is 3. The van der Waals surface area contributed by atoms with Crippen molar-refractivity contribution in [2.45, 2.75) is 44.3 Å². The van der Waals surface area contributed by atoms with Crippen LogP contribution in [-0.4, -0.2) is 67.6 Å². The third kappa shape index (κ3) is 3.84. The minimum atomic E-state index is -1.73. The molecule has 3 aliphatic heterocycles. The summed E-state index contributed by atoms with van der Waals surface area (Å²) < 4.78 is 33.5. The molecule has 2 amide bonds. The summed E-state index contributed by atoms with van der Waals surface area (Å²) in [6.45, 7) is 3.80.